The first-order valence-electron chi connectivity index (χ1n) is 6.12. The van der Waals surface area contributed by atoms with Crippen LogP contribution in [0.4, 0.5) is 0 Å². The molecule has 0 spiro atoms. The minimum Gasteiger partial charge on any atom is -0.460 e. The maximum Gasteiger partial charge on any atom is 0.375 e. The maximum atomic E-state index is 11.8. The Morgan fingerprint density at radius 1 is 1.33 bits per heavy atom. The number of allylic oxidation sites excluding steroid dienone is 1. The summed E-state index contributed by atoms with van der Waals surface area (Å²) in [5, 5.41) is 0. The van der Waals surface area contributed by atoms with Gasteiger partial charge < -0.3 is 9.47 Å². The Kier molecular flexibility index (Phi) is 5.71. The van der Waals surface area contributed by atoms with Gasteiger partial charge in [-0.2, -0.15) is 0 Å². The number of ketones is 2. The normalized spacial score (nSPS) is 19.3. The Labute approximate surface area is 106 Å². The summed E-state index contributed by atoms with van der Waals surface area (Å²) in [7, 11) is 0. The molecule has 1 aliphatic rings. The van der Waals surface area contributed by atoms with Crippen LogP contribution in [0.1, 0.15) is 26.7 Å². The molecule has 0 aromatic rings. The van der Waals surface area contributed by atoms with E-state index in [1.165, 1.54) is 6.08 Å². The molecule has 0 saturated heterocycles. The van der Waals surface area contributed by atoms with Gasteiger partial charge in [-0.25, -0.2) is 4.79 Å². The highest BCUT2D eigenvalue weighted by atomic mass is 16.5. The van der Waals surface area contributed by atoms with Crippen molar-refractivity contribution in [1.82, 2.24) is 0 Å². The van der Waals surface area contributed by atoms with Gasteiger partial charge in [0, 0.05) is 6.61 Å². The largest absolute Gasteiger partial charge is 0.460 e. The van der Waals surface area contributed by atoms with Crippen molar-refractivity contribution in [2.24, 2.45) is 5.92 Å². The molecule has 0 amide bonds. The third kappa shape index (κ3) is 3.77. The Balaban J connectivity index is 2.62. The van der Waals surface area contributed by atoms with Crippen molar-refractivity contribution in [2.45, 2.75) is 26.7 Å². The van der Waals surface area contributed by atoms with Crippen LogP contribution in [0.25, 0.3) is 0 Å². The van der Waals surface area contributed by atoms with Gasteiger partial charge in [-0.05, 0) is 38.3 Å². The Hall–Kier alpha value is -1.49. The predicted octanol–water partition coefficient (Wildman–Crippen LogP) is 1.06. The van der Waals surface area contributed by atoms with Gasteiger partial charge in [0.05, 0.1) is 19.1 Å². The third-order valence-electron chi connectivity index (χ3n) is 2.73. The monoisotopic (exact) mass is 254 g/mol. The highest BCUT2D eigenvalue weighted by molar-refractivity contribution is 6.39. The predicted molar refractivity (Wildman–Crippen MR) is 63.9 cm³/mol. The molecule has 0 fully saturated rings. The first kappa shape index (κ1) is 14.6. The lowest BCUT2D eigenvalue weighted by Crippen LogP contribution is -2.33. The topological polar surface area (TPSA) is 69.7 Å². The number of ether oxygens (including phenoxy) is 2. The number of esters is 1. The lowest BCUT2D eigenvalue weighted by Gasteiger charge is -2.18. The number of carbonyl (C=O) groups excluding carboxylic acids is 3. The van der Waals surface area contributed by atoms with E-state index < -0.39 is 17.7 Å². The van der Waals surface area contributed by atoms with Crippen molar-refractivity contribution in [3.63, 3.8) is 0 Å². The number of carbonyl (C=O) groups is 3. The standard InChI is InChI=1S/C13H18O5/c1-3-17-8-9-5-6-10(11(14)7-9)12(15)13(16)18-4-2/h7,10H,3-6,8H2,1-2H3. The highest BCUT2D eigenvalue weighted by Crippen LogP contribution is 2.22. The zero-order valence-corrected chi connectivity index (χ0v) is 10.7. The van der Waals surface area contributed by atoms with Gasteiger partial charge in [0.1, 0.15) is 0 Å². The summed E-state index contributed by atoms with van der Waals surface area (Å²) < 4.78 is 9.82. The van der Waals surface area contributed by atoms with Crippen molar-refractivity contribution in [2.75, 3.05) is 19.8 Å². The molecule has 0 saturated carbocycles. The SMILES string of the molecule is CCOCC1=CC(=O)C(C(=O)C(=O)OCC)CC1. The maximum absolute atomic E-state index is 11.8. The minimum absolute atomic E-state index is 0.136. The molecule has 5 heteroatoms. The molecule has 1 rings (SSSR count). The van der Waals surface area contributed by atoms with Crippen molar-refractivity contribution in [3.05, 3.63) is 11.6 Å². The molecule has 0 aliphatic heterocycles. The van der Waals surface area contributed by atoms with Gasteiger partial charge >= 0.3 is 5.97 Å². The molecule has 0 aromatic carbocycles. The molecular weight excluding hydrogens is 236 g/mol. The fourth-order valence-electron chi connectivity index (χ4n) is 1.80. The number of Topliss-reactive ketones (excluding diaryl/α,β-unsaturated/α-hetero) is 1. The smallest absolute Gasteiger partial charge is 0.375 e. The molecule has 0 radical (unpaired) electrons. The average Bonchev–Trinajstić information content (AvgIpc) is 2.36. The highest BCUT2D eigenvalue weighted by Gasteiger charge is 2.33. The van der Waals surface area contributed by atoms with Crippen LogP contribution < -0.4 is 0 Å². The van der Waals surface area contributed by atoms with Crippen molar-refractivity contribution in [1.29, 1.82) is 0 Å². The quantitative estimate of drug-likeness (QED) is 0.403. The van der Waals surface area contributed by atoms with E-state index in [0.29, 0.717) is 26.1 Å². The minimum atomic E-state index is -0.919. The van der Waals surface area contributed by atoms with Gasteiger partial charge in [-0.15, -0.1) is 0 Å². The van der Waals surface area contributed by atoms with E-state index in [4.69, 9.17) is 4.74 Å². The van der Waals surface area contributed by atoms with E-state index in [1.54, 1.807) is 6.92 Å². The van der Waals surface area contributed by atoms with Gasteiger partial charge in [0.2, 0.25) is 0 Å². The molecule has 0 heterocycles. The number of hydrogen-bond donors (Lipinski definition) is 0. The number of rotatable bonds is 6. The molecule has 0 bridgehead atoms. The van der Waals surface area contributed by atoms with Gasteiger partial charge in [-0.3, -0.25) is 9.59 Å². The van der Waals surface area contributed by atoms with Crippen LogP contribution in [0, 0.1) is 5.92 Å². The van der Waals surface area contributed by atoms with Gasteiger partial charge in [0.25, 0.3) is 5.78 Å². The first-order chi connectivity index (χ1) is 8.60. The zero-order chi connectivity index (χ0) is 13.5. The fraction of sp³-hybridized carbons (Fsp3) is 0.615. The molecule has 18 heavy (non-hydrogen) atoms. The van der Waals surface area contributed by atoms with Crippen molar-refractivity contribution >= 4 is 17.5 Å². The molecule has 1 atom stereocenters. The van der Waals surface area contributed by atoms with Crippen LogP contribution in [-0.4, -0.2) is 37.4 Å². The van der Waals surface area contributed by atoms with E-state index in [-0.39, 0.29) is 12.4 Å². The summed E-state index contributed by atoms with van der Waals surface area (Å²) in [6, 6.07) is 0. The molecule has 1 aliphatic carbocycles. The second-order valence-corrected chi connectivity index (χ2v) is 4.02. The van der Waals surface area contributed by atoms with E-state index in [9.17, 15) is 14.4 Å². The Morgan fingerprint density at radius 2 is 2.06 bits per heavy atom. The summed E-state index contributed by atoms with van der Waals surface area (Å²) in [5.74, 6) is -2.87. The zero-order valence-electron chi connectivity index (χ0n) is 10.7. The molecule has 1 unspecified atom stereocenters. The van der Waals surface area contributed by atoms with Crippen molar-refractivity contribution in [3.8, 4) is 0 Å². The summed E-state index contributed by atoms with van der Waals surface area (Å²) in [5.41, 5.74) is 0.870. The van der Waals surface area contributed by atoms with Crippen molar-refractivity contribution < 1.29 is 23.9 Å². The average molecular weight is 254 g/mol. The molecule has 0 aromatic heterocycles. The first-order valence-corrected chi connectivity index (χ1v) is 6.12. The van der Waals surface area contributed by atoms with Crippen LogP contribution in [0.15, 0.2) is 11.6 Å². The molecule has 100 valence electrons. The van der Waals surface area contributed by atoms with Gasteiger partial charge in [0.15, 0.2) is 5.78 Å². The second kappa shape index (κ2) is 7.06. The molecular formula is C13H18O5. The van der Waals surface area contributed by atoms with E-state index in [0.717, 1.165) is 5.57 Å². The fourth-order valence-corrected chi connectivity index (χ4v) is 1.80. The number of hydrogen-bond acceptors (Lipinski definition) is 5. The summed E-state index contributed by atoms with van der Waals surface area (Å²) >= 11 is 0. The van der Waals surface area contributed by atoms with Crippen LogP contribution in [0.5, 0.6) is 0 Å². The second-order valence-electron chi connectivity index (χ2n) is 4.02. The van der Waals surface area contributed by atoms with E-state index >= 15 is 0 Å². The van der Waals surface area contributed by atoms with Crippen LogP contribution >= 0.6 is 0 Å². The summed E-state index contributed by atoms with van der Waals surface area (Å²) in [6.07, 6.45) is 2.37. The lowest BCUT2D eigenvalue weighted by atomic mass is 9.86. The Bertz CT molecular complexity index is 370. The lowest BCUT2D eigenvalue weighted by molar-refractivity contribution is -0.156. The van der Waals surface area contributed by atoms with Crippen LogP contribution in [-0.2, 0) is 23.9 Å². The molecule has 0 N–H and O–H groups in total. The van der Waals surface area contributed by atoms with Crippen LogP contribution in [0.3, 0.4) is 0 Å². The third-order valence-corrected chi connectivity index (χ3v) is 2.73. The Morgan fingerprint density at radius 3 is 2.61 bits per heavy atom. The molecule has 5 nitrogen and oxygen atoms in total. The van der Waals surface area contributed by atoms with Gasteiger partial charge in [-0.1, -0.05) is 0 Å². The summed E-state index contributed by atoms with van der Waals surface area (Å²) in [4.78, 5) is 34.7. The van der Waals surface area contributed by atoms with Crippen LogP contribution in [0.2, 0.25) is 0 Å². The van der Waals surface area contributed by atoms with E-state index in [2.05, 4.69) is 4.74 Å². The van der Waals surface area contributed by atoms with E-state index in [1.807, 2.05) is 6.92 Å². The summed E-state index contributed by atoms with van der Waals surface area (Å²) in [6.45, 7) is 4.61.